The molecule has 0 radical (unpaired) electrons. The summed E-state index contributed by atoms with van der Waals surface area (Å²) >= 11 is 0. The maximum absolute atomic E-state index is 12.0. The van der Waals surface area contributed by atoms with Crippen LogP contribution in [0.5, 0.6) is 0 Å². The number of benzene rings is 1. The van der Waals surface area contributed by atoms with Crippen LogP contribution < -0.4 is 10.6 Å². The molecule has 0 saturated carbocycles. The van der Waals surface area contributed by atoms with Crippen LogP contribution in [0, 0.1) is 0 Å². The SMILES string of the molecule is CNc1ccccc1C(=O)NC1CCOC1. The van der Waals surface area contributed by atoms with Crippen molar-refractivity contribution in [3.8, 4) is 0 Å². The quantitative estimate of drug-likeness (QED) is 0.806. The van der Waals surface area contributed by atoms with Gasteiger partial charge in [0.1, 0.15) is 0 Å². The highest BCUT2D eigenvalue weighted by molar-refractivity contribution is 5.99. The number of nitrogens with one attached hydrogen (secondary N) is 2. The zero-order valence-corrected chi connectivity index (χ0v) is 9.32. The van der Waals surface area contributed by atoms with E-state index in [2.05, 4.69) is 10.6 Å². The lowest BCUT2D eigenvalue weighted by Gasteiger charge is -2.13. The molecule has 1 unspecified atom stereocenters. The molecular formula is C12H16N2O2. The number of carbonyl (C=O) groups excluding carboxylic acids is 1. The zero-order chi connectivity index (χ0) is 11.4. The normalized spacial score (nSPS) is 19.4. The molecule has 1 fully saturated rings. The first-order valence-corrected chi connectivity index (χ1v) is 5.46. The minimum Gasteiger partial charge on any atom is -0.387 e. The second kappa shape index (κ2) is 4.99. The van der Waals surface area contributed by atoms with Crippen LogP contribution in [0.15, 0.2) is 24.3 Å². The van der Waals surface area contributed by atoms with Gasteiger partial charge in [0.15, 0.2) is 0 Å². The van der Waals surface area contributed by atoms with Crippen molar-refractivity contribution >= 4 is 11.6 Å². The number of carbonyl (C=O) groups is 1. The van der Waals surface area contributed by atoms with E-state index in [4.69, 9.17) is 4.74 Å². The van der Waals surface area contributed by atoms with Crippen molar-refractivity contribution in [3.63, 3.8) is 0 Å². The zero-order valence-electron chi connectivity index (χ0n) is 9.32. The molecule has 86 valence electrons. The first-order valence-electron chi connectivity index (χ1n) is 5.46. The Kier molecular flexibility index (Phi) is 3.41. The van der Waals surface area contributed by atoms with Crippen LogP contribution >= 0.6 is 0 Å². The molecule has 0 bridgehead atoms. The molecule has 1 aliphatic heterocycles. The van der Waals surface area contributed by atoms with Gasteiger partial charge in [-0.3, -0.25) is 4.79 Å². The molecule has 0 aromatic heterocycles. The second-order valence-corrected chi connectivity index (χ2v) is 3.83. The minimum absolute atomic E-state index is 0.0412. The first kappa shape index (κ1) is 11.0. The van der Waals surface area contributed by atoms with Crippen LogP contribution in [-0.2, 0) is 4.74 Å². The third-order valence-corrected chi connectivity index (χ3v) is 2.71. The van der Waals surface area contributed by atoms with E-state index in [1.54, 1.807) is 0 Å². The molecule has 0 spiro atoms. The number of anilines is 1. The highest BCUT2D eigenvalue weighted by Crippen LogP contribution is 2.14. The molecule has 2 N–H and O–H groups in total. The van der Waals surface area contributed by atoms with Gasteiger partial charge in [0, 0.05) is 19.3 Å². The summed E-state index contributed by atoms with van der Waals surface area (Å²) in [6, 6.07) is 7.62. The largest absolute Gasteiger partial charge is 0.387 e. The van der Waals surface area contributed by atoms with E-state index in [0.29, 0.717) is 12.2 Å². The van der Waals surface area contributed by atoms with Crippen LogP contribution in [0.4, 0.5) is 5.69 Å². The van der Waals surface area contributed by atoms with E-state index in [-0.39, 0.29) is 11.9 Å². The van der Waals surface area contributed by atoms with E-state index in [9.17, 15) is 4.79 Å². The highest BCUT2D eigenvalue weighted by Gasteiger charge is 2.19. The first-order chi connectivity index (χ1) is 7.81. The Morgan fingerprint density at radius 2 is 2.25 bits per heavy atom. The van der Waals surface area contributed by atoms with Gasteiger partial charge in [-0.1, -0.05) is 12.1 Å². The highest BCUT2D eigenvalue weighted by atomic mass is 16.5. The van der Waals surface area contributed by atoms with Gasteiger partial charge in [-0.2, -0.15) is 0 Å². The second-order valence-electron chi connectivity index (χ2n) is 3.83. The summed E-state index contributed by atoms with van der Waals surface area (Å²) in [5.74, 6) is -0.0412. The van der Waals surface area contributed by atoms with E-state index >= 15 is 0 Å². The predicted octanol–water partition coefficient (Wildman–Crippen LogP) is 1.25. The Balaban J connectivity index is 2.07. The molecular weight excluding hydrogens is 204 g/mol. The van der Waals surface area contributed by atoms with E-state index in [0.717, 1.165) is 18.7 Å². The Bertz CT molecular complexity index is 373. The number of amides is 1. The molecule has 2 rings (SSSR count). The van der Waals surface area contributed by atoms with E-state index < -0.39 is 0 Å². The van der Waals surface area contributed by atoms with E-state index in [1.807, 2.05) is 31.3 Å². The van der Waals surface area contributed by atoms with Crippen molar-refractivity contribution in [3.05, 3.63) is 29.8 Å². The van der Waals surface area contributed by atoms with Crippen molar-refractivity contribution in [2.75, 3.05) is 25.6 Å². The number of ether oxygens (including phenoxy) is 1. The van der Waals surface area contributed by atoms with Crippen molar-refractivity contribution in [1.82, 2.24) is 5.32 Å². The van der Waals surface area contributed by atoms with Gasteiger partial charge in [-0.05, 0) is 18.6 Å². The predicted molar refractivity (Wildman–Crippen MR) is 62.7 cm³/mol. The number of hydrogen-bond acceptors (Lipinski definition) is 3. The molecule has 1 aromatic rings. The molecule has 1 atom stereocenters. The Hall–Kier alpha value is -1.55. The summed E-state index contributed by atoms with van der Waals surface area (Å²) in [6.07, 6.45) is 0.896. The maximum Gasteiger partial charge on any atom is 0.253 e. The third-order valence-electron chi connectivity index (χ3n) is 2.71. The van der Waals surface area contributed by atoms with Gasteiger partial charge in [-0.15, -0.1) is 0 Å². The fraction of sp³-hybridized carbons (Fsp3) is 0.417. The van der Waals surface area contributed by atoms with Crippen LogP contribution in [0.3, 0.4) is 0 Å². The van der Waals surface area contributed by atoms with Gasteiger partial charge >= 0.3 is 0 Å². The molecule has 4 nitrogen and oxygen atoms in total. The summed E-state index contributed by atoms with van der Waals surface area (Å²) in [5.41, 5.74) is 1.52. The summed E-state index contributed by atoms with van der Waals surface area (Å²) in [7, 11) is 1.81. The summed E-state index contributed by atoms with van der Waals surface area (Å²) in [6.45, 7) is 1.35. The summed E-state index contributed by atoms with van der Waals surface area (Å²) in [4.78, 5) is 12.0. The summed E-state index contributed by atoms with van der Waals surface area (Å²) in [5, 5.41) is 5.98. The van der Waals surface area contributed by atoms with E-state index in [1.165, 1.54) is 0 Å². The van der Waals surface area contributed by atoms with Crippen LogP contribution in [0.2, 0.25) is 0 Å². The van der Waals surface area contributed by atoms with Crippen molar-refractivity contribution in [2.45, 2.75) is 12.5 Å². The smallest absolute Gasteiger partial charge is 0.253 e. The van der Waals surface area contributed by atoms with Crippen LogP contribution in [0.1, 0.15) is 16.8 Å². The van der Waals surface area contributed by atoms with Gasteiger partial charge in [0.25, 0.3) is 5.91 Å². The summed E-state index contributed by atoms with van der Waals surface area (Å²) < 4.78 is 5.22. The van der Waals surface area contributed by atoms with Crippen molar-refractivity contribution in [2.24, 2.45) is 0 Å². The minimum atomic E-state index is -0.0412. The number of para-hydroxylation sites is 1. The molecule has 1 heterocycles. The Morgan fingerprint density at radius 1 is 1.44 bits per heavy atom. The molecule has 0 aliphatic carbocycles. The fourth-order valence-corrected chi connectivity index (χ4v) is 1.81. The molecule has 16 heavy (non-hydrogen) atoms. The fourth-order valence-electron chi connectivity index (χ4n) is 1.81. The molecule has 1 amide bonds. The van der Waals surface area contributed by atoms with Crippen molar-refractivity contribution in [1.29, 1.82) is 0 Å². The number of hydrogen-bond donors (Lipinski definition) is 2. The standard InChI is InChI=1S/C12H16N2O2/c1-13-11-5-3-2-4-10(11)12(15)14-9-6-7-16-8-9/h2-5,9,13H,6-8H2,1H3,(H,14,15). The van der Waals surface area contributed by atoms with Crippen LogP contribution in [-0.4, -0.2) is 32.2 Å². The molecule has 1 aliphatic rings. The van der Waals surface area contributed by atoms with Gasteiger partial charge in [0.2, 0.25) is 0 Å². The van der Waals surface area contributed by atoms with Gasteiger partial charge < -0.3 is 15.4 Å². The van der Waals surface area contributed by atoms with Gasteiger partial charge in [-0.25, -0.2) is 0 Å². The third kappa shape index (κ3) is 2.33. The lowest BCUT2D eigenvalue weighted by atomic mass is 10.1. The Morgan fingerprint density at radius 3 is 2.94 bits per heavy atom. The van der Waals surface area contributed by atoms with Gasteiger partial charge in [0.05, 0.1) is 18.2 Å². The molecule has 1 saturated heterocycles. The lowest BCUT2D eigenvalue weighted by molar-refractivity contribution is 0.0930. The monoisotopic (exact) mass is 220 g/mol. The average Bonchev–Trinajstić information content (AvgIpc) is 2.81. The number of rotatable bonds is 3. The molecule has 4 heteroatoms. The van der Waals surface area contributed by atoms with Crippen molar-refractivity contribution < 1.29 is 9.53 Å². The molecule has 1 aromatic carbocycles. The van der Waals surface area contributed by atoms with Crippen LogP contribution in [0.25, 0.3) is 0 Å². The topological polar surface area (TPSA) is 50.4 Å². The average molecular weight is 220 g/mol. The lowest BCUT2D eigenvalue weighted by Crippen LogP contribution is -2.35. The maximum atomic E-state index is 12.0. The Labute approximate surface area is 95.0 Å².